The molecule has 0 bridgehead atoms. The Bertz CT molecular complexity index is 37.0. The number of nitrogens with two attached hydrogens (primary N) is 1. The fourth-order valence-electron chi connectivity index (χ4n) is 0.334. The largest absolute Gasteiger partial charge is 0.385 e. The molecule has 0 aromatic rings. The molecule has 0 aromatic carbocycles. The SMILES string of the molecule is COCCCONN. The van der Waals surface area contributed by atoms with E-state index >= 15 is 0 Å². The van der Waals surface area contributed by atoms with E-state index < -0.39 is 0 Å². The van der Waals surface area contributed by atoms with Gasteiger partial charge >= 0.3 is 0 Å². The Labute approximate surface area is 48.9 Å². The van der Waals surface area contributed by atoms with Crippen LogP contribution in [0.4, 0.5) is 0 Å². The second-order valence-electron chi connectivity index (χ2n) is 1.31. The molecule has 8 heavy (non-hydrogen) atoms. The molecule has 0 radical (unpaired) electrons. The maximum atomic E-state index is 4.80. The molecule has 0 aliphatic heterocycles. The topological polar surface area (TPSA) is 56.5 Å². The fourth-order valence-corrected chi connectivity index (χ4v) is 0.334. The minimum Gasteiger partial charge on any atom is -0.385 e. The van der Waals surface area contributed by atoms with E-state index in [1.165, 1.54) is 0 Å². The minimum absolute atomic E-state index is 0.588. The average Bonchev–Trinajstić information content (AvgIpc) is 1.81. The third kappa shape index (κ3) is 5.84. The van der Waals surface area contributed by atoms with Crippen molar-refractivity contribution in [3.63, 3.8) is 0 Å². The number of hydrogen-bond acceptors (Lipinski definition) is 4. The van der Waals surface area contributed by atoms with Crippen LogP contribution in [-0.2, 0) is 9.57 Å². The van der Waals surface area contributed by atoms with Gasteiger partial charge in [0.05, 0.1) is 6.61 Å². The van der Waals surface area contributed by atoms with Gasteiger partial charge in [-0.15, -0.1) is 5.59 Å². The van der Waals surface area contributed by atoms with E-state index in [-0.39, 0.29) is 0 Å². The van der Waals surface area contributed by atoms with Gasteiger partial charge in [-0.3, -0.25) is 4.84 Å². The van der Waals surface area contributed by atoms with E-state index in [1.807, 2.05) is 0 Å². The molecule has 4 heteroatoms. The van der Waals surface area contributed by atoms with Crippen LogP contribution in [0.15, 0.2) is 0 Å². The highest BCUT2D eigenvalue weighted by Crippen LogP contribution is 1.77. The van der Waals surface area contributed by atoms with Gasteiger partial charge in [-0.05, 0) is 6.42 Å². The first kappa shape index (κ1) is 7.84. The number of hydrazine groups is 1. The van der Waals surface area contributed by atoms with Gasteiger partial charge in [0.25, 0.3) is 0 Å². The third-order valence-corrected chi connectivity index (χ3v) is 0.678. The van der Waals surface area contributed by atoms with Gasteiger partial charge in [0.2, 0.25) is 0 Å². The van der Waals surface area contributed by atoms with Crippen molar-refractivity contribution in [1.82, 2.24) is 5.59 Å². The van der Waals surface area contributed by atoms with Crippen molar-refractivity contribution in [1.29, 1.82) is 0 Å². The van der Waals surface area contributed by atoms with Crippen LogP contribution >= 0.6 is 0 Å². The van der Waals surface area contributed by atoms with Crippen LogP contribution in [0.5, 0.6) is 0 Å². The molecule has 0 heterocycles. The fraction of sp³-hybridized carbons (Fsp3) is 1.00. The van der Waals surface area contributed by atoms with Crippen molar-refractivity contribution in [2.75, 3.05) is 20.3 Å². The molecule has 0 fully saturated rings. The van der Waals surface area contributed by atoms with Crippen molar-refractivity contribution in [2.24, 2.45) is 5.84 Å². The number of rotatable bonds is 5. The first-order valence-electron chi connectivity index (χ1n) is 2.48. The molecule has 3 N–H and O–H groups in total. The van der Waals surface area contributed by atoms with Gasteiger partial charge in [0, 0.05) is 13.7 Å². The minimum atomic E-state index is 0.588. The van der Waals surface area contributed by atoms with E-state index in [4.69, 9.17) is 10.6 Å². The zero-order valence-electron chi connectivity index (χ0n) is 5.02. The Kier molecular flexibility index (Phi) is 6.70. The first-order valence-corrected chi connectivity index (χ1v) is 2.48. The van der Waals surface area contributed by atoms with Crippen molar-refractivity contribution in [3.05, 3.63) is 0 Å². The van der Waals surface area contributed by atoms with E-state index in [2.05, 4.69) is 10.4 Å². The zero-order chi connectivity index (χ0) is 6.24. The summed E-state index contributed by atoms with van der Waals surface area (Å²) in [5, 5.41) is 0. The monoisotopic (exact) mass is 120 g/mol. The third-order valence-electron chi connectivity index (χ3n) is 0.678. The van der Waals surface area contributed by atoms with Crippen LogP contribution in [-0.4, -0.2) is 20.3 Å². The lowest BCUT2D eigenvalue weighted by molar-refractivity contribution is 0.0283. The van der Waals surface area contributed by atoms with Crippen molar-refractivity contribution in [3.8, 4) is 0 Å². The summed E-state index contributed by atoms with van der Waals surface area (Å²) in [6.07, 6.45) is 0.862. The van der Waals surface area contributed by atoms with Gasteiger partial charge in [0.1, 0.15) is 0 Å². The molecule has 0 aliphatic carbocycles. The molecule has 50 valence electrons. The summed E-state index contributed by atoms with van der Waals surface area (Å²) >= 11 is 0. The van der Waals surface area contributed by atoms with Crippen LogP contribution in [0.2, 0.25) is 0 Å². The lowest BCUT2D eigenvalue weighted by atomic mass is 10.5. The molecule has 0 atom stereocenters. The van der Waals surface area contributed by atoms with Crippen molar-refractivity contribution >= 4 is 0 Å². The van der Waals surface area contributed by atoms with Gasteiger partial charge in [0.15, 0.2) is 0 Å². The molecule has 0 rings (SSSR count). The van der Waals surface area contributed by atoms with E-state index in [1.54, 1.807) is 7.11 Å². The number of hydrogen-bond donors (Lipinski definition) is 2. The molecule has 0 saturated carbocycles. The highest BCUT2D eigenvalue weighted by molar-refractivity contribution is 4.28. The molecule has 0 aliphatic rings. The summed E-state index contributed by atoms with van der Waals surface area (Å²) in [5.74, 6) is 4.80. The summed E-state index contributed by atoms with van der Waals surface area (Å²) < 4.78 is 4.74. The quantitative estimate of drug-likeness (QED) is 0.289. The molecule has 0 saturated heterocycles. The summed E-state index contributed by atoms with van der Waals surface area (Å²) in [7, 11) is 1.65. The Balaban J connectivity index is 2.53. The van der Waals surface area contributed by atoms with Crippen molar-refractivity contribution < 1.29 is 9.57 Å². The Morgan fingerprint density at radius 2 is 2.25 bits per heavy atom. The van der Waals surface area contributed by atoms with Gasteiger partial charge in [-0.1, -0.05) is 0 Å². The number of methoxy groups -OCH3 is 1. The molecular formula is C4H12N2O2. The summed E-state index contributed by atoms with van der Waals surface area (Å²) in [6, 6.07) is 0. The maximum Gasteiger partial charge on any atom is 0.0720 e. The lowest BCUT2D eigenvalue weighted by Gasteiger charge is -1.98. The molecular weight excluding hydrogens is 108 g/mol. The maximum absolute atomic E-state index is 4.80. The number of ether oxygens (including phenoxy) is 1. The molecule has 0 amide bonds. The predicted octanol–water partition coefficient (Wildman–Crippen LogP) is -0.582. The average molecular weight is 120 g/mol. The molecule has 0 spiro atoms. The second kappa shape index (κ2) is 6.84. The Morgan fingerprint density at radius 3 is 2.75 bits per heavy atom. The highest BCUT2D eigenvalue weighted by Gasteiger charge is 1.82. The van der Waals surface area contributed by atoms with Crippen molar-refractivity contribution in [2.45, 2.75) is 6.42 Å². The van der Waals surface area contributed by atoms with Gasteiger partial charge in [-0.25, -0.2) is 5.84 Å². The molecule has 4 nitrogen and oxygen atoms in total. The predicted molar refractivity (Wildman–Crippen MR) is 29.8 cm³/mol. The van der Waals surface area contributed by atoms with Gasteiger partial charge < -0.3 is 4.74 Å². The number of nitrogens with one attached hydrogen (secondary N) is 1. The Hall–Kier alpha value is -0.160. The van der Waals surface area contributed by atoms with Crippen LogP contribution in [0.25, 0.3) is 0 Å². The second-order valence-corrected chi connectivity index (χ2v) is 1.31. The highest BCUT2D eigenvalue weighted by atomic mass is 16.7. The van der Waals surface area contributed by atoms with Gasteiger partial charge in [-0.2, -0.15) is 0 Å². The van der Waals surface area contributed by atoms with Crippen LogP contribution < -0.4 is 11.4 Å². The zero-order valence-corrected chi connectivity index (χ0v) is 5.02. The van der Waals surface area contributed by atoms with E-state index in [0.717, 1.165) is 6.42 Å². The molecule has 0 aromatic heterocycles. The lowest BCUT2D eigenvalue weighted by Crippen LogP contribution is -2.23. The summed E-state index contributed by atoms with van der Waals surface area (Å²) in [4.78, 5) is 4.58. The first-order chi connectivity index (χ1) is 3.91. The van der Waals surface area contributed by atoms with Crippen LogP contribution in [0, 0.1) is 0 Å². The summed E-state index contributed by atoms with van der Waals surface area (Å²) in [5.41, 5.74) is 2.07. The molecule has 0 unspecified atom stereocenters. The normalized spacial score (nSPS) is 9.75. The summed E-state index contributed by atoms with van der Waals surface area (Å²) in [6.45, 7) is 1.30. The smallest absolute Gasteiger partial charge is 0.0720 e. The standard InChI is InChI=1S/C4H12N2O2/c1-7-3-2-4-8-6-5/h6H,2-5H2,1H3. The Morgan fingerprint density at radius 1 is 1.50 bits per heavy atom. The van der Waals surface area contributed by atoms with E-state index in [0.29, 0.717) is 13.2 Å². The van der Waals surface area contributed by atoms with E-state index in [9.17, 15) is 0 Å². The van der Waals surface area contributed by atoms with Crippen LogP contribution in [0.1, 0.15) is 6.42 Å². The van der Waals surface area contributed by atoms with Crippen LogP contribution in [0.3, 0.4) is 0 Å².